The Morgan fingerprint density at radius 3 is 2.24 bits per heavy atom. The Bertz CT molecular complexity index is 1210. The molecule has 3 aromatic carbocycles. The van der Waals surface area contributed by atoms with Crippen LogP contribution in [0.25, 0.3) is 6.08 Å². The van der Waals surface area contributed by atoms with Crippen LogP contribution in [0.1, 0.15) is 29.7 Å². The Kier molecular flexibility index (Phi) is 5.65. The smallest absolute Gasteiger partial charge is 0.235 e. The van der Waals surface area contributed by atoms with E-state index in [0.717, 1.165) is 16.7 Å². The lowest BCUT2D eigenvalue weighted by atomic mass is 9.80. The number of fused-ring (bicyclic) bond motifs is 1. The fourth-order valence-electron chi connectivity index (χ4n) is 5.14. The quantitative estimate of drug-likeness (QED) is 0.533. The summed E-state index contributed by atoms with van der Waals surface area (Å²) in [5.74, 6) is -1.33. The lowest BCUT2D eigenvalue weighted by Gasteiger charge is -2.29. The van der Waals surface area contributed by atoms with Crippen LogP contribution in [0.4, 0.5) is 0 Å². The maximum Gasteiger partial charge on any atom is 0.235 e. The molecule has 0 aliphatic carbocycles. The summed E-state index contributed by atoms with van der Waals surface area (Å²) < 4.78 is 0. The van der Waals surface area contributed by atoms with Crippen LogP contribution < -0.4 is 5.32 Å². The number of benzene rings is 3. The predicted octanol–water partition coefficient (Wildman–Crippen LogP) is 5.26. The average Bonchev–Trinajstić information content (AvgIpc) is 3.28. The first-order chi connectivity index (χ1) is 16.0. The minimum Gasteiger partial charge on any atom is -0.300 e. The second kappa shape index (κ2) is 8.62. The molecule has 0 bridgehead atoms. The molecule has 2 fully saturated rings. The SMILES string of the molecule is C[C@@]1(/C=C/c2ccccc2)N[C@H](c2ccccc2Cl)[C@@H]2C(=O)N(Cc3ccccc3)C(=O)[C@@H]21. The molecule has 0 radical (unpaired) electrons. The molecular weight excluding hydrogens is 432 g/mol. The summed E-state index contributed by atoms with van der Waals surface area (Å²) in [6.07, 6.45) is 4.03. The van der Waals surface area contributed by atoms with Gasteiger partial charge in [-0.3, -0.25) is 19.8 Å². The third-order valence-corrected chi connectivity index (χ3v) is 7.10. The van der Waals surface area contributed by atoms with Gasteiger partial charge in [0.05, 0.1) is 18.4 Å². The first-order valence-electron chi connectivity index (χ1n) is 11.1. The van der Waals surface area contributed by atoms with Gasteiger partial charge >= 0.3 is 0 Å². The number of hydrogen-bond donors (Lipinski definition) is 1. The Morgan fingerprint density at radius 1 is 0.909 bits per heavy atom. The van der Waals surface area contributed by atoms with Crippen LogP contribution in [0.15, 0.2) is 91.0 Å². The zero-order valence-electron chi connectivity index (χ0n) is 18.3. The molecule has 4 atom stereocenters. The molecule has 0 saturated carbocycles. The number of amides is 2. The second-order valence-corrected chi connectivity index (χ2v) is 9.33. The van der Waals surface area contributed by atoms with Crippen molar-refractivity contribution in [3.05, 3.63) is 113 Å². The van der Waals surface area contributed by atoms with E-state index in [1.54, 1.807) is 0 Å². The van der Waals surface area contributed by atoms with Gasteiger partial charge in [0.1, 0.15) is 0 Å². The van der Waals surface area contributed by atoms with E-state index in [-0.39, 0.29) is 24.4 Å². The molecule has 1 N–H and O–H groups in total. The molecular formula is C28H25ClN2O2. The number of nitrogens with one attached hydrogen (secondary N) is 1. The maximum atomic E-state index is 13.7. The normalized spacial score (nSPS) is 26.8. The number of halogens is 1. The van der Waals surface area contributed by atoms with Crippen molar-refractivity contribution in [3.8, 4) is 0 Å². The molecule has 0 spiro atoms. The molecule has 2 amide bonds. The standard InChI is InChI=1S/C28H25ClN2O2/c1-28(17-16-19-10-4-2-5-11-19)24-23(25(30-28)21-14-8-9-15-22(21)29)26(32)31(27(24)33)18-20-12-6-3-7-13-20/h2-17,23-25,30H,18H2,1H3/b17-16+/t23-,24-,25-,28+/m1/s1. The third-order valence-electron chi connectivity index (χ3n) is 6.76. The predicted molar refractivity (Wildman–Crippen MR) is 130 cm³/mol. The van der Waals surface area contributed by atoms with E-state index < -0.39 is 17.4 Å². The van der Waals surface area contributed by atoms with Crippen LogP contribution in [0.3, 0.4) is 0 Å². The van der Waals surface area contributed by atoms with Crippen LogP contribution in [0.5, 0.6) is 0 Å². The highest BCUT2D eigenvalue weighted by atomic mass is 35.5. The van der Waals surface area contributed by atoms with Gasteiger partial charge in [-0.05, 0) is 29.7 Å². The lowest BCUT2D eigenvalue weighted by Crippen LogP contribution is -2.46. The maximum absolute atomic E-state index is 13.7. The van der Waals surface area contributed by atoms with E-state index in [2.05, 4.69) is 5.32 Å². The van der Waals surface area contributed by atoms with Crippen molar-refractivity contribution in [3.63, 3.8) is 0 Å². The van der Waals surface area contributed by atoms with Crippen molar-refractivity contribution in [2.45, 2.75) is 25.0 Å². The van der Waals surface area contributed by atoms with E-state index in [1.807, 2.05) is 104 Å². The topological polar surface area (TPSA) is 49.4 Å². The molecule has 2 heterocycles. The fraction of sp³-hybridized carbons (Fsp3) is 0.214. The molecule has 4 nitrogen and oxygen atoms in total. The highest BCUT2D eigenvalue weighted by Gasteiger charge is 2.63. The van der Waals surface area contributed by atoms with Crippen LogP contribution in [-0.4, -0.2) is 22.3 Å². The molecule has 2 saturated heterocycles. The van der Waals surface area contributed by atoms with Crippen molar-refractivity contribution in [1.29, 1.82) is 0 Å². The minimum atomic E-state index is -0.706. The van der Waals surface area contributed by atoms with E-state index in [4.69, 9.17) is 11.6 Å². The summed E-state index contributed by atoms with van der Waals surface area (Å²) in [5.41, 5.74) is 2.11. The zero-order chi connectivity index (χ0) is 23.0. The molecule has 33 heavy (non-hydrogen) atoms. The monoisotopic (exact) mass is 456 g/mol. The minimum absolute atomic E-state index is 0.142. The number of rotatable bonds is 5. The molecule has 0 unspecified atom stereocenters. The van der Waals surface area contributed by atoms with Gasteiger partial charge in [-0.15, -0.1) is 0 Å². The van der Waals surface area contributed by atoms with Crippen molar-refractivity contribution >= 4 is 29.5 Å². The van der Waals surface area contributed by atoms with Crippen LogP contribution in [0.2, 0.25) is 5.02 Å². The summed E-state index contributed by atoms with van der Waals surface area (Å²) in [5, 5.41) is 4.19. The largest absolute Gasteiger partial charge is 0.300 e. The third kappa shape index (κ3) is 3.90. The van der Waals surface area contributed by atoms with E-state index in [0.29, 0.717) is 5.02 Å². The van der Waals surface area contributed by atoms with Gasteiger partial charge < -0.3 is 0 Å². The number of likely N-dealkylation sites (tertiary alicyclic amines) is 1. The Morgan fingerprint density at radius 2 is 1.55 bits per heavy atom. The number of nitrogens with zero attached hydrogens (tertiary/aromatic N) is 1. The second-order valence-electron chi connectivity index (χ2n) is 8.92. The number of carbonyl (C=O) groups excluding carboxylic acids is 2. The fourth-order valence-corrected chi connectivity index (χ4v) is 5.39. The molecule has 0 aromatic heterocycles. The molecule has 5 heteroatoms. The number of imide groups is 1. The summed E-state index contributed by atoms with van der Waals surface area (Å²) in [4.78, 5) is 28.8. The average molecular weight is 457 g/mol. The molecule has 3 aromatic rings. The molecule has 2 aliphatic heterocycles. The summed E-state index contributed by atoms with van der Waals surface area (Å²) >= 11 is 6.54. The van der Waals surface area contributed by atoms with Crippen molar-refractivity contribution in [2.75, 3.05) is 0 Å². The lowest BCUT2D eigenvalue weighted by molar-refractivity contribution is -0.141. The van der Waals surface area contributed by atoms with Gasteiger partial charge in [-0.25, -0.2) is 0 Å². The van der Waals surface area contributed by atoms with Gasteiger partial charge in [-0.2, -0.15) is 0 Å². The highest BCUT2D eigenvalue weighted by Crippen LogP contribution is 2.50. The van der Waals surface area contributed by atoms with Crippen molar-refractivity contribution < 1.29 is 9.59 Å². The first-order valence-corrected chi connectivity index (χ1v) is 11.5. The van der Waals surface area contributed by atoms with Crippen LogP contribution in [0, 0.1) is 11.8 Å². The van der Waals surface area contributed by atoms with Crippen LogP contribution in [-0.2, 0) is 16.1 Å². The number of hydrogen-bond acceptors (Lipinski definition) is 3. The molecule has 166 valence electrons. The zero-order valence-corrected chi connectivity index (χ0v) is 19.1. The number of carbonyl (C=O) groups is 2. The van der Waals surface area contributed by atoms with Gasteiger partial charge in [0.15, 0.2) is 0 Å². The summed E-state index contributed by atoms with van der Waals surface area (Å²) in [6, 6.07) is 26.8. The Labute approximate surface area is 198 Å². The van der Waals surface area contributed by atoms with Crippen LogP contribution >= 0.6 is 11.6 Å². The Hall–Kier alpha value is -3.21. The summed E-state index contributed by atoms with van der Waals surface area (Å²) in [6.45, 7) is 2.28. The van der Waals surface area contributed by atoms with Gasteiger partial charge in [0, 0.05) is 16.6 Å². The van der Waals surface area contributed by atoms with E-state index >= 15 is 0 Å². The van der Waals surface area contributed by atoms with Gasteiger partial charge in [-0.1, -0.05) is 103 Å². The summed E-state index contributed by atoms with van der Waals surface area (Å²) in [7, 11) is 0. The molecule has 5 rings (SSSR count). The molecule has 2 aliphatic rings. The van der Waals surface area contributed by atoms with Crippen molar-refractivity contribution in [1.82, 2.24) is 10.2 Å². The van der Waals surface area contributed by atoms with Gasteiger partial charge in [0.2, 0.25) is 11.8 Å². The van der Waals surface area contributed by atoms with Gasteiger partial charge in [0.25, 0.3) is 0 Å². The first kappa shape index (κ1) is 21.6. The van der Waals surface area contributed by atoms with E-state index in [1.165, 1.54) is 4.90 Å². The van der Waals surface area contributed by atoms with E-state index in [9.17, 15) is 9.59 Å². The Balaban J connectivity index is 1.55. The highest BCUT2D eigenvalue weighted by molar-refractivity contribution is 6.31. The van der Waals surface area contributed by atoms with Crippen molar-refractivity contribution in [2.24, 2.45) is 11.8 Å².